The third kappa shape index (κ3) is 3.48. The largest absolute Gasteiger partial charge is 0.456 e. The molecular formula is C17H13BrN2O3. The van der Waals surface area contributed by atoms with Crippen molar-refractivity contribution in [3.8, 4) is 0 Å². The third-order valence-electron chi connectivity index (χ3n) is 3.27. The average Bonchev–Trinajstić information content (AvgIpc) is 2.53. The van der Waals surface area contributed by atoms with Crippen molar-refractivity contribution < 1.29 is 9.53 Å². The molecule has 6 heteroatoms. The summed E-state index contributed by atoms with van der Waals surface area (Å²) in [6.07, 6.45) is 1.72. The van der Waals surface area contributed by atoms with E-state index in [9.17, 15) is 9.59 Å². The van der Waals surface area contributed by atoms with Gasteiger partial charge in [-0.15, -0.1) is 0 Å². The summed E-state index contributed by atoms with van der Waals surface area (Å²) in [7, 11) is 0. The van der Waals surface area contributed by atoms with E-state index in [1.807, 2.05) is 19.1 Å². The van der Waals surface area contributed by atoms with Crippen LogP contribution in [0, 0.1) is 6.92 Å². The fraction of sp³-hybridized carbons (Fsp3) is 0.118. The molecule has 3 aromatic rings. The molecule has 0 aliphatic heterocycles. The van der Waals surface area contributed by atoms with E-state index in [1.54, 1.807) is 30.5 Å². The van der Waals surface area contributed by atoms with Crippen LogP contribution in [0.2, 0.25) is 0 Å². The van der Waals surface area contributed by atoms with Crippen LogP contribution in [0.4, 0.5) is 0 Å². The molecule has 0 unspecified atom stereocenters. The van der Waals surface area contributed by atoms with E-state index in [2.05, 4.69) is 20.9 Å². The number of benzene rings is 1. The minimum Gasteiger partial charge on any atom is -0.456 e. The van der Waals surface area contributed by atoms with Crippen molar-refractivity contribution in [1.29, 1.82) is 0 Å². The van der Waals surface area contributed by atoms with Crippen molar-refractivity contribution in [2.45, 2.75) is 13.5 Å². The summed E-state index contributed by atoms with van der Waals surface area (Å²) in [5.74, 6) is -0.461. The highest BCUT2D eigenvalue weighted by molar-refractivity contribution is 9.10. The first kappa shape index (κ1) is 15.4. The molecule has 0 aliphatic carbocycles. The van der Waals surface area contributed by atoms with Gasteiger partial charge in [-0.1, -0.05) is 28.1 Å². The number of nitrogens with zero attached hydrogens (tertiary/aromatic N) is 2. The lowest BCUT2D eigenvalue weighted by Gasteiger charge is -2.07. The van der Waals surface area contributed by atoms with Gasteiger partial charge in [-0.3, -0.25) is 9.20 Å². The zero-order valence-corrected chi connectivity index (χ0v) is 13.9. The van der Waals surface area contributed by atoms with Crippen LogP contribution in [0.5, 0.6) is 0 Å². The molecule has 0 saturated heterocycles. The van der Waals surface area contributed by atoms with Gasteiger partial charge in [0.25, 0.3) is 5.56 Å². The second-order valence-electron chi connectivity index (χ2n) is 5.11. The lowest BCUT2D eigenvalue weighted by Crippen LogP contribution is -2.16. The van der Waals surface area contributed by atoms with Gasteiger partial charge in [0.1, 0.15) is 12.3 Å². The molecule has 0 fully saturated rings. The van der Waals surface area contributed by atoms with Crippen molar-refractivity contribution in [2.75, 3.05) is 0 Å². The van der Waals surface area contributed by atoms with Crippen molar-refractivity contribution in [2.24, 2.45) is 0 Å². The normalized spacial score (nSPS) is 10.7. The maximum atomic E-state index is 12.1. The van der Waals surface area contributed by atoms with Crippen molar-refractivity contribution in [1.82, 2.24) is 9.38 Å². The highest BCUT2D eigenvalue weighted by atomic mass is 79.9. The first-order valence-electron chi connectivity index (χ1n) is 6.94. The Bertz CT molecular complexity index is 950. The van der Waals surface area contributed by atoms with E-state index >= 15 is 0 Å². The molecule has 0 atom stereocenters. The molecule has 5 nitrogen and oxygen atoms in total. The van der Waals surface area contributed by atoms with Gasteiger partial charge < -0.3 is 4.74 Å². The number of pyridine rings is 1. The molecule has 3 rings (SSSR count). The van der Waals surface area contributed by atoms with Gasteiger partial charge in [0.05, 0.1) is 11.3 Å². The molecule has 2 heterocycles. The van der Waals surface area contributed by atoms with E-state index in [0.29, 0.717) is 16.9 Å². The molecule has 0 spiro atoms. The van der Waals surface area contributed by atoms with Gasteiger partial charge in [0.2, 0.25) is 0 Å². The molecule has 2 aromatic heterocycles. The number of aryl methyl sites for hydroxylation is 1. The number of rotatable bonds is 3. The molecule has 0 aliphatic rings. The highest BCUT2D eigenvalue weighted by Gasteiger charge is 2.09. The lowest BCUT2D eigenvalue weighted by atomic mass is 10.2. The number of carbonyl (C=O) groups excluding carboxylic acids is 1. The number of hydrogen-bond acceptors (Lipinski definition) is 4. The number of ether oxygens (including phenoxy) is 1. The second kappa shape index (κ2) is 6.34. The van der Waals surface area contributed by atoms with E-state index < -0.39 is 5.97 Å². The van der Waals surface area contributed by atoms with E-state index in [-0.39, 0.29) is 12.2 Å². The summed E-state index contributed by atoms with van der Waals surface area (Å²) < 4.78 is 7.49. The lowest BCUT2D eigenvalue weighted by molar-refractivity contribution is 0.0467. The van der Waals surface area contributed by atoms with Crippen molar-refractivity contribution in [3.63, 3.8) is 0 Å². The number of esters is 1. The Balaban J connectivity index is 1.81. The molecule has 116 valence electrons. The zero-order chi connectivity index (χ0) is 16.4. The molecule has 23 heavy (non-hydrogen) atoms. The Kier molecular flexibility index (Phi) is 4.25. The first-order chi connectivity index (χ1) is 11.0. The number of halogens is 1. The number of carbonyl (C=O) groups is 1. The van der Waals surface area contributed by atoms with Gasteiger partial charge in [0.15, 0.2) is 0 Å². The van der Waals surface area contributed by atoms with Crippen LogP contribution < -0.4 is 5.56 Å². The molecule has 0 bridgehead atoms. The summed E-state index contributed by atoms with van der Waals surface area (Å²) >= 11 is 3.30. The monoisotopic (exact) mass is 372 g/mol. The summed E-state index contributed by atoms with van der Waals surface area (Å²) in [4.78, 5) is 28.4. The summed E-state index contributed by atoms with van der Waals surface area (Å²) in [5.41, 5.74) is 2.15. The van der Waals surface area contributed by atoms with Gasteiger partial charge in [0, 0.05) is 16.7 Å². The van der Waals surface area contributed by atoms with Crippen molar-refractivity contribution >= 4 is 27.5 Å². The van der Waals surface area contributed by atoms with Gasteiger partial charge in [-0.2, -0.15) is 0 Å². The minimum absolute atomic E-state index is 0.0506. The molecular weight excluding hydrogens is 360 g/mol. The van der Waals surface area contributed by atoms with Gasteiger partial charge in [-0.05, 0) is 36.8 Å². The standard InChI is InChI=1S/C17H13BrN2O3/c1-11-5-6-15-19-14(8-16(21)20(15)9-11)10-23-17(22)12-3-2-4-13(18)7-12/h2-9H,10H2,1H3. The van der Waals surface area contributed by atoms with E-state index in [1.165, 1.54) is 10.5 Å². The van der Waals surface area contributed by atoms with Crippen molar-refractivity contribution in [3.05, 3.63) is 80.3 Å². The molecule has 0 amide bonds. The van der Waals surface area contributed by atoms with E-state index in [4.69, 9.17) is 4.74 Å². The quantitative estimate of drug-likeness (QED) is 0.662. The van der Waals surface area contributed by atoms with Crippen LogP contribution in [0.3, 0.4) is 0 Å². The maximum absolute atomic E-state index is 12.1. The predicted molar refractivity (Wildman–Crippen MR) is 89.5 cm³/mol. The smallest absolute Gasteiger partial charge is 0.338 e. The Morgan fingerprint density at radius 3 is 2.87 bits per heavy atom. The predicted octanol–water partition coefficient (Wildman–Crippen LogP) is 3.12. The highest BCUT2D eigenvalue weighted by Crippen LogP contribution is 2.13. The third-order valence-corrected chi connectivity index (χ3v) is 3.77. The molecule has 0 radical (unpaired) electrons. The molecule has 1 aromatic carbocycles. The number of fused-ring (bicyclic) bond motifs is 1. The van der Waals surface area contributed by atoms with Crippen LogP contribution in [-0.2, 0) is 11.3 Å². The average molecular weight is 373 g/mol. The maximum Gasteiger partial charge on any atom is 0.338 e. The van der Waals surface area contributed by atoms with Crippen LogP contribution >= 0.6 is 15.9 Å². The van der Waals surface area contributed by atoms with Gasteiger partial charge >= 0.3 is 5.97 Å². The number of aromatic nitrogens is 2. The molecule has 0 N–H and O–H groups in total. The minimum atomic E-state index is -0.461. The summed E-state index contributed by atoms with van der Waals surface area (Å²) in [6.45, 7) is 1.85. The van der Waals surface area contributed by atoms with Gasteiger partial charge in [-0.25, -0.2) is 9.78 Å². The summed E-state index contributed by atoms with van der Waals surface area (Å²) in [5, 5.41) is 0. The Morgan fingerprint density at radius 1 is 1.26 bits per heavy atom. The summed E-state index contributed by atoms with van der Waals surface area (Å²) in [6, 6.07) is 11.9. The Labute approximate surface area is 140 Å². The first-order valence-corrected chi connectivity index (χ1v) is 7.74. The second-order valence-corrected chi connectivity index (χ2v) is 6.02. The van der Waals surface area contributed by atoms with Crippen LogP contribution in [0.15, 0.2) is 57.9 Å². The Hall–Kier alpha value is -2.47. The van der Waals surface area contributed by atoms with Crippen LogP contribution in [0.25, 0.3) is 5.65 Å². The van der Waals surface area contributed by atoms with Crippen LogP contribution in [-0.4, -0.2) is 15.4 Å². The molecule has 0 saturated carbocycles. The SMILES string of the molecule is Cc1ccc2nc(COC(=O)c3cccc(Br)c3)cc(=O)n2c1. The fourth-order valence-corrected chi connectivity index (χ4v) is 2.57. The zero-order valence-electron chi connectivity index (χ0n) is 12.3. The topological polar surface area (TPSA) is 60.7 Å². The van der Waals surface area contributed by atoms with E-state index in [0.717, 1.165) is 10.0 Å². The fourth-order valence-electron chi connectivity index (χ4n) is 2.17. The Morgan fingerprint density at radius 2 is 2.09 bits per heavy atom. The van der Waals surface area contributed by atoms with Crippen LogP contribution in [0.1, 0.15) is 21.6 Å². The number of hydrogen-bond donors (Lipinski definition) is 0.